The molecular formula is C18H21N3O3. The molecule has 0 aliphatic carbocycles. The molecule has 2 aromatic rings. The molecule has 3 rings (SSSR count). The van der Waals surface area contributed by atoms with Gasteiger partial charge in [-0.1, -0.05) is 18.2 Å². The molecule has 1 aliphatic heterocycles. The highest BCUT2D eigenvalue weighted by Gasteiger charge is 2.24. The number of carbonyl (C=O) groups is 1. The first kappa shape index (κ1) is 16.2. The minimum absolute atomic E-state index is 0.00360. The van der Waals surface area contributed by atoms with Gasteiger partial charge in [0.05, 0.1) is 0 Å². The molecule has 1 fully saturated rings. The Kier molecular flexibility index (Phi) is 5.25. The Bertz CT molecular complexity index is 653. The summed E-state index contributed by atoms with van der Waals surface area (Å²) in [5.74, 6) is 0.712. The second kappa shape index (κ2) is 7.77. The first-order chi connectivity index (χ1) is 11.7. The molecule has 1 amide bonds. The van der Waals surface area contributed by atoms with E-state index in [0.29, 0.717) is 24.8 Å². The standard InChI is InChI=1S/C18H21N3O3/c1-14-11-19-18(20-12-14)24-16-7-9-21(10-8-16)17(22)13-23-15-5-3-2-4-6-15/h2-6,11-12,16H,7-10,13H2,1H3. The molecule has 0 N–H and O–H groups in total. The molecule has 6 nitrogen and oxygen atoms in total. The van der Waals surface area contributed by atoms with E-state index in [1.54, 1.807) is 12.4 Å². The van der Waals surface area contributed by atoms with Crippen molar-refractivity contribution in [1.29, 1.82) is 0 Å². The maximum absolute atomic E-state index is 12.2. The van der Waals surface area contributed by atoms with Crippen molar-refractivity contribution >= 4 is 5.91 Å². The van der Waals surface area contributed by atoms with Crippen LogP contribution in [0.15, 0.2) is 42.7 Å². The van der Waals surface area contributed by atoms with Crippen molar-refractivity contribution in [3.05, 3.63) is 48.3 Å². The number of piperidine rings is 1. The van der Waals surface area contributed by atoms with Gasteiger partial charge in [-0.15, -0.1) is 0 Å². The van der Waals surface area contributed by atoms with E-state index in [1.807, 2.05) is 42.2 Å². The number of para-hydroxylation sites is 1. The van der Waals surface area contributed by atoms with Crippen LogP contribution in [0.4, 0.5) is 0 Å². The summed E-state index contributed by atoms with van der Waals surface area (Å²) in [4.78, 5) is 22.3. The maximum Gasteiger partial charge on any atom is 0.316 e. The molecule has 0 atom stereocenters. The summed E-state index contributed by atoms with van der Waals surface area (Å²) in [6, 6.07) is 9.77. The van der Waals surface area contributed by atoms with Crippen molar-refractivity contribution in [2.75, 3.05) is 19.7 Å². The van der Waals surface area contributed by atoms with Crippen molar-refractivity contribution < 1.29 is 14.3 Å². The fourth-order valence-corrected chi connectivity index (χ4v) is 2.57. The SMILES string of the molecule is Cc1cnc(OC2CCN(C(=O)COc3ccccc3)CC2)nc1. The number of nitrogens with zero attached hydrogens (tertiary/aromatic N) is 3. The van der Waals surface area contributed by atoms with Crippen LogP contribution in [0.2, 0.25) is 0 Å². The molecule has 0 radical (unpaired) electrons. The molecule has 2 heterocycles. The molecule has 126 valence electrons. The molecule has 0 bridgehead atoms. The third kappa shape index (κ3) is 4.44. The smallest absolute Gasteiger partial charge is 0.316 e. The number of benzene rings is 1. The molecule has 0 saturated carbocycles. The summed E-state index contributed by atoms with van der Waals surface area (Å²) in [5, 5.41) is 0. The maximum atomic E-state index is 12.2. The average molecular weight is 327 g/mol. The van der Waals surface area contributed by atoms with Gasteiger partial charge in [-0.2, -0.15) is 0 Å². The van der Waals surface area contributed by atoms with Gasteiger partial charge in [-0.3, -0.25) is 4.79 Å². The lowest BCUT2D eigenvalue weighted by molar-refractivity contribution is -0.135. The number of aryl methyl sites for hydroxylation is 1. The van der Waals surface area contributed by atoms with Crippen LogP contribution in [0.5, 0.6) is 11.8 Å². The Morgan fingerprint density at radius 2 is 1.83 bits per heavy atom. The van der Waals surface area contributed by atoms with Crippen LogP contribution in [-0.4, -0.2) is 46.6 Å². The number of ether oxygens (including phenoxy) is 2. The van der Waals surface area contributed by atoms with Gasteiger partial charge in [-0.05, 0) is 24.6 Å². The first-order valence-corrected chi connectivity index (χ1v) is 8.11. The number of likely N-dealkylation sites (tertiary alicyclic amines) is 1. The molecule has 1 aromatic carbocycles. The van der Waals surface area contributed by atoms with E-state index in [1.165, 1.54) is 0 Å². The summed E-state index contributed by atoms with van der Waals surface area (Å²) >= 11 is 0. The fourth-order valence-electron chi connectivity index (χ4n) is 2.57. The zero-order valence-electron chi connectivity index (χ0n) is 13.7. The number of aromatic nitrogens is 2. The highest BCUT2D eigenvalue weighted by atomic mass is 16.5. The van der Waals surface area contributed by atoms with Gasteiger partial charge in [0.2, 0.25) is 0 Å². The molecule has 0 unspecified atom stereocenters. The summed E-state index contributed by atoms with van der Waals surface area (Å²) in [5.41, 5.74) is 1.00. The van der Waals surface area contributed by atoms with E-state index in [9.17, 15) is 4.79 Å². The Balaban J connectivity index is 1.42. The van der Waals surface area contributed by atoms with Crippen LogP contribution in [0.25, 0.3) is 0 Å². The Morgan fingerprint density at radius 1 is 1.17 bits per heavy atom. The van der Waals surface area contributed by atoms with Gasteiger partial charge in [0.25, 0.3) is 5.91 Å². The number of hydrogen-bond acceptors (Lipinski definition) is 5. The van der Waals surface area contributed by atoms with Gasteiger partial charge in [0.1, 0.15) is 11.9 Å². The Morgan fingerprint density at radius 3 is 2.50 bits per heavy atom. The number of hydrogen-bond donors (Lipinski definition) is 0. The summed E-state index contributed by atoms with van der Waals surface area (Å²) in [6.45, 7) is 3.32. The molecule has 1 aliphatic rings. The van der Waals surface area contributed by atoms with Gasteiger partial charge in [-0.25, -0.2) is 9.97 Å². The Hall–Kier alpha value is -2.63. The van der Waals surface area contributed by atoms with E-state index in [4.69, 9.17) is 9.47 Å². The molecule has 6 heteroatoms. The third-order valence-corrected chi connectivity index (χ3v) is 3.93. The highest BCUT2D eigenvalue weighted by molar-refractivity contribution is 5.77. The lowest BCUT2D eigenvalue weighted by Gasteiger charge is -2.31. The van der Waals surface area contributed by atoms with Crippen LogP contribution >= 0.6 is 0 Å². The predicted molar refractivity (Wildman–Crippen MR) is 88.9 cm³/mol. The lowest BCUT2D eigenvalue weighted by Crippen LogP contribution is -2.43. The Labute approximate surface area is 141 Å². The monoisotopic (exact) mass is 327 g/mol. The van der Waals surface area contributed by atoms with Crippen LogP contribution in [0.1, 0.15) is 18.4 Å². The van der Waals surface area contributed by atoms with Crippen LogP contribution in [0.3, 0.4) is 0 Å². The van der Waals surface area contributed by atoms with Crippen LogP contribution in [-0.2, 0) is 4.79 Å². The highest BCUT2D eigenvalue weighted by Crippen LogP contribution is 2.16. The number of rotatable bonds is 5. The fraction of sp³-hybridized carbons (Fsp3) is 0.389. The topological polar surface area (TPSA) is 64.5 Å². The number of amides is 1. The second-order valence-corrected chi connectivity index (χ2v) is 5.84. The zero-order chi connectivity index (χ0) is 16.8. The largest absolute Gasteiger partial charge is 0.484 e. The molecule has 0 spiro atoms. The van der Waals surface area contributed by atoms with E-state index in [0.717, 1.165) is 18.4 Å². The first-order valence-electron chi connectivity index (χ1n) is 8.11. The molecular weight excluding hydrogens is 306 g/mol. The second-order valence-electron chi connectivity index (χ2n) is 5.84. The summed E-state index contributed by atoms with van der Waals surface area (Å²) < 4.78 is 11.3. The summed E-state index contributed by atoms with van der Waals surface area (Å²) in [7, 11) is 0. The normalized spacial score (nSPS) is 15.1. The van der Waals surface area contributed by atoms with Gasteiger partial charge in [0, 0.05) is 38.3 Å². The third-order valence-electron chi connectivity index (χ3n) is 3.93. The minimum atomic E-state index is 0.00360. The van der Waals surface area contributed by atoms with Gasteiger partial charge >= 0.3 is 6.01 Å². The van der Waals surface area contributed by atoms with Crippen molar-refractivity contribution in [2.24, 2.45) is 0 Å². The van der Waals surface area contributed by atoms with E-state index >= 15 is 0 Å². The summed E-state index contributed by atoms with van der Waals surface area (Å²) in [6.07, 6.45) is 5.07. The molecule has 1 saturated heterocycles. The minimum Gasteiger partial charge on any atom is -0.484 e. The van der Waals surface area contributed by atoms with Crippen molar-refractivity contribution in [1.82, 2.24) is 14.9 Å². The lowest BCUT2D eigenvalue weighted by atomic mass is 10.1. The number of carbonyl (C=O) groups excluding carboxylic acids is 1. The van der Waals surface area contributed by atoms with E-state index < -0.39 is 0 Å². The van der Waals surface area contributed by atoms with Crippen LogP contribution < -0.4 is 9.47 Å². The van der Waals surface area contributed by atoms with Gasteiger partial charge in [0.15, 0.2) is 6.61 Å². The van der Waals surface area contributed by atoms with Crippen molar-refractivity contribution in [3.8, 4) is 11.8 Å². The van der Waals surface area contributed by atoms with Crippen LogP contribution in [0, 0.1) is 6.92 Å². The molecule has 1 aromatic heterocycles. The van der Waals surface area contributed by atoms with Crippen molar-refractivity contribution in [2.45, 2.75) is 25.9 Å². The zero-order valence-corrected chi connectivity index (χ0v) is 13.7. The average Bonchev–Trinajstić information content (AvgIpc) is 2.63. The van der Waals surface area contributed by atoms with E-state index in [2.05, 4.69) is 9.97 Å². The molecule has 24 heavy (non-hydrogen) atoms. The van der Waals surface area contributed by atoms with Gasteiger partial charge < -0.3 is 14.4 Å². The van der Waals surface area contributed by atoms with Crippen molar-refractivity contribution in [3.63, 3.8) is 0 Å². The van der Waals surface area contributed by atoms with E-state index in [-0.39, 0.29) is 18.6 Å². The predicted octanol–water partition coefficient (Wildman–Crippen LogP) is 2.23. The quantitative estimate of drug-likeness (QED) is 0.842.